The van der Waals surface area contributed by atoms with E-state index >= 15 is 0 Å². The number of rotatable bonds is 4. The summed E-state index contributed by atoms with van der Waals surface area (Å²) in [5, 5.41) is 0. The molecule has 2 aliphatic rings. The van der Waals surface area contributed by atoms with E-state index in [9.17, 15) is 4.79 Å². The Morgan fingerprint density at radius 3 is 2.21 bits per heavy atom. The largest absolute Gasteiger partial charge is 0.343 e. The Bertz CT molecular complexity index is 508. The predicted molar refractivity (Wildman–Crippen MR) is 99.9 cm³/mol. The lowest BCUT2D eigenvalue weighted by Crippen LogP contribution is -2.40. The number of benzene rings is 1. The Morgan fingerprint density at radius 2 is 1.62 bits per heavy atom. The van der Waals surface area contributed by atoms with Crippen LogP contribution in [0.1, 0.15) is 70.3 Å². The predicted octanol–water partition coefficient (Wildman–Crippen LogP) is 5.25. The van der Waals surface area contributed by atoms with Gasteiger partial charge in [-0.05, 0) is 67.8 Å². The van der Waals surface area contributed by atoms with Gasteiger partial charge in [0.05, 0.1) is 0 Å². The molecule has 0 radical (unpaired) electrons. The monoisotopic (exact) mass is 327 g/mol. The van der Waals surface area contributed by atoms with E-state index < -0.39 is 0 Å². The van der Waals surface area contributed by atoms with E-state index in [0.29, 0.717) is 17.7 Å². The third kappa shape index (κ3) is 4.40. The lowest BCUT2D eigenvalue weighted by molar-refractivity contribution is -0.134. The minimum Gasteiger partial charge on any atom is -0.343 e. The van der Waals surface area contributed by atoms with Crippen LogP contribution in [0.15, 0.2) is 30.3 Å². The first-order valence-electron chi connectivity index (χ1n) is 9.96. The van der Waals surface area contributed by atoms with E-state index in [-0.39, 0.29) is 0 Å². The van der Waals surface area contributed by atoms with Gasteiger partial charge in [0.25, 0.3) is 0 Å². The van der Waals surface area contributed by atoms with Gasteiger partial charge in [0.2, 0.25) is 5.91 Å². The van der Waals surface area contributed by atoms with Crippen LogP contribution in [0.25, 0.3) is 0 Å². The lowest BCUT2D eigenvalue weighted by Gasteiger charge is -2.35. The second kappa shape index (κ2) is 8.18. The number of carbonyl (C=O) groups is 1. The lowest BCUT2D eigenvalue weighted by atomic mass is 9.77. The normalized spacial score (nSPS) is 25.9. The summed E-state index contributed by atoms with van der Waals surface area (Å²) in [6, 6.07) is 10.9. The highest BCUT2D eigenvalue weighted by Gasteiger charge is 2.28. The van der Waals surface area contributed by atoms with Crippen molar-refractivity contribution >= 4 is 5.91 Å². The van der Waals surface area contributed by atoms with Gasteiger partial charge in [-0.25, -0.2) is 0 Å². The molecule has 0 bridgehead atoms. The van der Waals surface area contributed by atoms with Gasteiger partial charge in [-0.2, -0.15) is 0 Å². The first-order valence-corrected chi connectivity index (χ1v) is 9.96. The molecule has 0 atom stereocenters. The molecule has 1 saturated heterocycles. The number of nitrogens with zero attached hydrogens (tertiary/aromatic N) is 1. The van der Waals surface area contributed by atoms with Crippen LogP contribution < -0.4 is 0 Å². The first kappa shape index (κ1) is 17.5. The molecule has 2 fully saturated rings. The summed E-state index contributed by atoms with van der Waals surface area (Å²) in [6.45, 7) is 6.60. The number of carbonyl (C=O) groups excluding carboxylic acids is 1. The summed E-state index contributed by atoms with van der Waals surface area (Å²) in [6.07, 6.45) is 8.11. The molecular formula is C22H33NO. The van der Waals surface area contributed by atoms with Gasteiger partial charge in [-0.15, -0.1) is 0 Å². The standard InChI is InChI=1S/C22H33NO/c1-17(2)19-12-14-23(15-13-19)22(24)16-18-8-10-21(11-9-18)20-6-4-3-5-7-20/h3-7,17-19,21H,8-16H2,1-2H3. The summed E-state index contributed by atoms with van der Waals surface area (Å²) in [5.74, 6) is 3.31. The molecule has 0 unspecified atom stereocenters. The van der Waals surface area contributed by atoms with E-state index in [0.717, 1.165) is 31.3 Å². The van der Waals surface area contributed by atoms with Gasteiger partial charge in [-0.1, -0.05) is 44.2 Å². The minimum atomic E-state index is 0.417. The van der Waals surface area contributed by atoms with Crippen LogP contribution in [-0.4, -0.2) is 23.9 Å². The summed E-state index contributed by atoms with van der Waals surface area (Å²) in [5.41, 5.74) is 1.48. The summed E-state index contributed by atoms with van der Waals surface area (Å²) >= 11 is 0. The Kier molecular flexibility index (Phi) is 5.97. The van der Waals surface area contributed by atoms with E-state index in [1.54, 1.807) is 0 Å². The van der Waals surface area contributed by atoms with E-state index in [1.807, 2.05) is 0 Å². The molecule has 3 rings (SSSR count). The van der Waals surface area contributed by atoms with Crippen LogP contribution in [0.3, 0.4) is 0 Å². The summed E-state index contributed by atoms with van der Waals surface area (Å²) < 4.78 is 0. The van der Waals surface area contributed by atoms with Gasteiger partial charge in [-0.3, -0.25) is 4.79 Å². The molecule has 2 nitrogen and oxygen atoms in total. The maximum Gasteiger partial charge on any atom is 0.222 e. The molecule has 1 aliphatic carbocycles. The fourth-order valence-electron chi connectivity index (χ4n) is 4.62. The zero-order chi connectivity index (χ0) is 16.9. The number of piperidine rings is 1. The van der Waals surface area contributed by atoms with Crippen LogP contribution in [-0.2, 0) is 4.79 Å². The molecule has 0 N–H and O–H groups in total. The van der Waals surface area contributed by atoms with E-state index in [2.05, 4.69) is 49.1 Å². The van der Waals surface area contributed by atoms with Gasteiger partial charge < -0.3 is 4.90 Å². The minimum absolute atomic E-state index is 0.417. The van der Waals surface area contributed by atoms with Crippen molar-refractivity contribution in [3.63, 3.8) is 0 Å². The molecule has 1 saturated carbocycles. The highest BCUT2D eigenvalue weighted by atomic mass is 16.2. The van der Waals surface area contributed by atoms with Crippen LogP contribution in [0.5, 0.6) is 0 Å². The Labute approximate surface area is 147 Å². The third-order valence-electron chi connectivity index (χ3n) is 6.42. The van der Waals surface area contributed by atoms with Crippen molar-refractivity contribution in [1.29, 1.82) is 0 Å². The Hall–Kier alpha value is -1.31. The van der Waals surface area contributed by atoms with Crippen molar-refractivity contribution in [1.82, 2.24) is 4.90 Å². The average Bonchev–Trinajstić information content (AvgIpc) is 2.63. The molecule has 132 valence electrons. The van der Waals surface area contributed by atoms with E-state index in [1.165, 1.54) is 44.1 Å². The highest BCUT2D eigenvalue weighted by molar-refractivity contribution is 5.76. The zero-order valence-electron chi connectivity index (χ0n) is 15.4. The summed E-state index contributed by atoms with van der Waals surface area (Å²) in [4.78, 5) is 14.8. The Balaban J connectivity index is 1.42. The number of amides is 1. The van der Waals surface area contributed by atoms with Crippen LogP contribution in [0.2, 0.25) is 0 Å². The van der Waals surface area contributed by atoms with Crippen molar-refractivity contribution in [3.8, 4) is 0 Å². The molecule has 1 heterocycles. The maximum absolute atomic E-state index is 12.6. The topological polar surface area (TPSA) is 20.3 Å². The van der Waals surface area contributed by atoms with Crippen LogP contribution in [0, 0.1) is 17.8 Å². The fourth-order valence-corrected chi connectivity index (χ4v) is 4.62. The fraction of sp³-hybridized carbons (Fsp3) is 0.682. The van der Waals surface area contributed by atoms with Crippen molar-refractivity contribution in [2.75, 3.05) is 13.1 Å². The molecule has 0 aromatic heterocycles. The SMILES string of the molecule is CC(C)C1CCN(C(=O)CC2CCC(c3ccccc3)CC2)CC1. The number of hydrogen-bond acceptors (Lipinski definition) is 1. The smallest absolute Gasteiger partial charge is 0.222 e. The van der Waals surface area contributed by atoms with Crippen LogP contribution in [0.4, 0.5) is 0 Å². The van der Waals surface area contributed by atoms with Crippen molar-refractivity contribution < 1.29 is 4.79 Å². The summed E-state index contributed by atoms with van der Waals surface area (Å²) in [7, 11) is 0. The van der Waals surface area contributed by atoms with Crippen molar-refractivity contribution in [2.24, 2.45) is 17.8 Å². The second-order valence-electron chi connectivity index (χ2n) is 8.29. The second-order valence-corrected chi connectivity index (χ2v) is 8.29. The zero-order valence-corrected chi connectivity index (χ0v) is 15.4. The van der Waals surface area contributed by atoms with Crippen molar-refractivity contribution in [3.05, 3.63) is 35.9 Å². The molecule has 1 aromatic rings. The molecule has 2 heteroatoms. The molecule has 1 amide bonds. The van der Waals surface area contributed by atoms with Gasteiger partial charge >= 0.3 is 0 Å². The van der Waals surface area contributed by atoms with Crippen LogP contribution >= 0.6 is 0 Å². The molecule has 1 aromatic carbocycles. The molecular weight excluding hydrogens is 294 g/mol. The third-order valence-corrected chi connectivity index (χ3v) is 6.42. The average molecular weight is 328 g/mol. The van der Waals surface area contributed by atoms with Crippen molar-refractivity contribution in [2.45, 2.75) is 64.7 Å². The van der Waals surface area contributed by atoms with Gasteiger partial charge in [0, 0.05) is 19.5 Å². The van der Waals surface area contributed by atoms with Gasteiger partial charge in [0.1, 0.15) is 0 Å². The quantitative estimate of drug-likeness (QED) is 0.740. The van der Waals surface area contributed by atoms with E-state index in [4.69, 9.17) is 0 Å². The maximum atomic E-state index is 12.6. The molecule has 1 aliphatic heterocycles. The highest BCUT2D eigenvalue weighted by Crippen LogP contribution is 2.37. The Morgan fingerprint density at radius 1 is 1.00 bits per heavy atom. The first-order chi connectivity index (χ1) is 11.6. The molecule has 0 spiro atoms. The molecule has 24 heavy (non-hydrogen) atoms. The van der Waals surface area contributed by atoms with Gasteiger partial charge in [0.15, 0.2) is 0 Å². The number of hydrogen-bond donors (Lipinski definition) is 0. The number of likely N-dealkylation sites (tertiary alicyclic amines) is 1.